The molecular formula is C18H26N2O3. The van der Waals surface area contributed by atoms with Gasteiger partial charge in [0.05, 0.1) is 0 Å². The van der Waals surface area contributed by atoms with E-state index in [2.05, 4.69) is 5.32 Å². The highest BCUT2D eigenvalue weighted by Crippen LogP contribution is 2.14. The van der Waals surface area contributed by atoms with E-state index in [-0.39, 0.29) is 11.8 Å². The fourth-order valence-corrected chi connectivity index (χ4v) is 2.77. The van der Waals surface area contributed by atoms with Gasteiger partial charge in [0.15, 0.2) is 0 Å². The summed E-state index contributed by atoms with van der Waals surface area (Å²) >= 11 is 0. The highest BCUT2D eigenvalue weighted by Gasteiger charge is 2.18. The summed E-state index contributed by atoms with van der Waals surface area (Å²) in [5, 5.41) is 2.85. The van der Waals surface area contributed by atoms with Gasteiger partial charge in [-0.2, -0.15) is 0 Å². The molecule has 126 valence electrons. The molecule has 1 aromatic carbocycles. The van der Waals surface area contributed by atoms with Crippen LogP contribution in [-0.4, -0.2) is 50.1 Å². The number of hydrogen-bond acceptors (Lipinski definition) is 3. The van der Waals surface area contributed by atoms with Crippen molar-refractivity contribution in [2.45, 2.75) is 32.1 Å². The molecule has 1 saturated heterocycles. The molecule has 0 saturated carbocycles. The van der Waals surface area contributed by atoms with Crippen LogP contribution in [0.3, 0.4) is 0 Å². The van der Waals surface area contributed by atoms with Crippen LogP contribution < -0.4 is 5.32 Å². The summed E-state index contributed by atoms with van der Waals surface area (Å²) in [6.07, 6.45) is 5.27. The molecule has 1 aliphatic rings. The van der Waals surface area contributed by atoms with Gasteiger partial charge in [0.25, 0.3) is 11.8 Å². The molecule has 1 aromatic rings. The average molecular weight is 318 g/mol. The predicted molar refractivity (Wildman–Crippen MR) is 89.6 cm³/mol. The van der Waals surface area contributed by atoms with E-state index in [1.54, 1.807) is 31.4 Å². The summed E-state index contributed by atoms with van der Waals surface area (Å²) in [7, 11) is 1.64. The molecule has 2 amide bonds. The van der Waals surface area contributed by atoms with Crippen molar-refractivity contribution in [1.29, 1.82) is 0 Å². The fraction of sp³-hybridized carbons (Fsp3) is 0.556. The summed E-state index contributed by atoms with van der Waals surface area (Å²) in [4.78, 5) is 26.6. The molecule has 0 spiro atoms. The average Bonchev–Trinajstić information content (AvgIpc) is 2.87. The quantitative estimate of drug-likeness (QED) is 0.820. The van der Waals surface area contributed by atoms with Gasteiger partial charge in [0.2, 0.25) is 0 Å². The first-order valence-corrected chi connectivity index (χ1v) is 8.39. The summed E-state index contributed by atoms with van der Waals surface area (Å²) in [5.41, 5.74) is 1.12. The van der Waals surface area contributed by atoms with Crippen molar-refractivity contribution in [2.75, 3.05) is 33.4 Å². The Bertz CT molecular complexity index is 523. The maximum absolute atomic E-state index is 12.6. The minimum atomic E-state index is -0.147. The van der Waals surface area contributed by atoms with Gasteiger partial charge in [-0.3, -0.25) is 9.59 Å². The van der Waals surface area contributed by atoms with Gasteiger partial charge < -0.3 is 15.0 Å². The van der Waals surface area contributed by atoms with Gasteiger partial charge in [0, 0.05) is 44.5 Å². The lowest BCUT2D eigenvalue weighted by Crippen LogP contribution is -2.32. The number of benzene rings is 1. The molecule has 1 heterocycles. The lowest BCUT2D eigenvalue weighted by molar-refractivity contribution is 0.0761. The van der Waals surface area contributed by atoms with Gasteiger partial charge in [-0.15, -0.1) is 0 Å². The van der Waals surface area contributed by atoms with E-state index < -0.39 is 0 Å². The lowest BCUT2D eigenvalue weighted by Gasteiger charge is -2.20. The van der Waals surface area contributed by atoms with Gasteiger partial charge in [-0.25, -0.2) is 0 Å². The van der Waals surface area contributed by atoms with Crippen LogP contribution in [0.25, 0.3) is 0 Å². The van der Waals surface area contributed by atoms with Gasteiger partial charge in [0.1, 0.15) is 0 Å². The fourth-order valence-electron chi connectivity index (χ4n) is 2.77. The smallest absolute Gasteiger partial charge is 0.253 e. The standard InChI is InChI=1S/C18H26N2O3/c1-23-13-7-10-19-17(21)15-8-6-9-16(14-15)18(22)20-11-4-2-3-5-12-20/h6,8-9,14H,2-5,7,10-13H2,1H3,(H,19,21). The van der Waals surface area contributed by atoms with Crippen LogP contribution in [0.5, 0.6) is 0 Å². The first-order chi connectivity index (χ1) is 11.2. The topological polar surface area (TPSA) is 58.6 Å². The molecule has 0 aromatic heterocycles. The van der Waals surface area contributed by atoms with Crippen LogP contribution >= 0.6 is 0 Å². The number of nitrogens with zero attached hydrogens (tertiary/aromatic N) is 1. The van der Waals surface area contributed by atoms with Crippen molar-refractivity contribution in [3.63, 3.8) is 0 Å². The molecule has 5 nitrogen and oxygen atoms in total. The van der Waals surface area contributed by atoms with E-state index in [1.165, 1.54) is 12.8 Å². The number of hydrogen-bond donors (Lipinski definition) is 1. The third-order valence-corrected chi connectivity index (χ3v) is 4.08. The number of carbonyl (C=O) groups is 2. The van der Waals surface area contributed by atoms with E-state index in [1.807, 2.05) is 4.90 Å². The summed E-state index contributed by atoms with van der Waals surface area (Å²) in [6, 6.07) is 6.99. The van der Waals surface area contributed by atoms with E-state index in [0.717, 1.165) is 32.4 Å². The van der Waals surface area contributed by atoms with Crippen LogP contribution in [0, 0.1) is 0 Å². The zero-order valence-corrected chi connectivity index (χ0v) is 13.8. The monoisotopic (exact) mass is 318 g/mol. The summed E-state index contributed by atoms with van der Waals surface area (Å²) in [6.45, 7) is 2.81. The van der Waals surface area contributed by atoms with Crippen molar-refractivity contribution in [3.8, 4) is 0 Å². The Kier molecular flexibility index (Phi) is 7.07. The SMILES string of the molecule is COCCCNC(=O)c1cccc(C(=O)N2CCCCCC2)c1. The molecule has 1 aliphatic heterocycles. The molecule has 0 aliphatic carbocycles. The van der Waals surface area contributed by atoms with E-state index in [4.69, 9.17) is 4.74 Å². The minimum Gasteiger partial charge on any atom is -0.385 e. The molecule has 5 heteroatoms. The Morgan fingerprint density at radius 1 is 1.13 bits per heavy atom. The van der Waals surface area contributed by atoms with Crippen LogP contribution in [0.4, 0.5) is 0 Å². The molecule has 1 fully saturated rings. The van der Waals surface area contributed by atoms with Crippen molar-refractivity contribution in [3.05, 3.63) is 35.4 Å². The number of rotatable bonds is 6. The third-order valence-electron chi connectivity index (χ3n) is 4.08. The van der Waals surface area contributed by atoms with Crippen molar-refractivity contribution in [1.82, 2.24) is 10.2 Å². The Labute approximate surface area is 138 Å². The number of nitrogens with one attached hydrogen (secondary N) is 1. The first-order valence-electron chi connectivity index (χ1n) is 8.39. The van der Waals surface area contributed by atoms with Crippen molar-refractivity contribution in [2.24, 2.45) is 0 Å². The number of likely N-dealkylation sites (tertiary alicyclic amines) is 1. The highest BCUT2D eigenvalue weighted by atomic mass is 16.5. The second-order valence-electron chi connectivity index (χ2n) is 5.89. The Morgan fingerprint density at radius 2 is 1.83 bits per heavy atom. The molecule has 0 unspecified atom stereocenters. The number of amides is 2. The normalized spacial score (nSPS) is 15.1. The second kappa shape index (κ2) is 9.30. The second-order valence-corrected chi connectivity index (χ2v) is 5.89. The van der Waals surface area contributed by atoms with Gasteiger partial charge in [-0.05, 0) is 37.5 Å². The van der Waals surface area contributed by atoms with E-state index in [9.17, 15) is 9.59 Å². The maximum atomic E-state index is 12.6. The Morgan fingerprint density at radius 3 is 2.52 bits per heavy atom. The van der Waals surface area contributed by atoms with Gasteiger partial charge >= 0.3 is 0 Å². The van der Waals surface area contributed by atoms with Gasteiger partial charge in [-0.1, -0.05) is 18.9 Å². The molecule has 0 bridgehead atoms. The lowest BCUT2D eigenvalue weighted by atomic mass is 10.1. The molecule has 2 rings (SSSR count). The Balaban J connectivity index is 1.97. The van der Waals surface area contributed by atoms with E-state index >= 15 is 0 Å². The van der Waals surface area contributed by atoms with Crippen molar-refractivity contribution >= 4 is 11.8 Å². The van der Waals surface area contributed by atoms with Crippen LogP contribution in [0.1, 0.15) is 52.8 Å². The zero-order chi connectivity index (χ0) is 16.5. The maximum Gasteiger partial charge on any atom is 0.253 e. The minimum absolute atomic E-state index is 0.0286. The molecule has 0 radical (unpaired) electrons. The zero-order valence-electron chi connectivity index (χ0n) is 13.8. The number of methoxy groups -OCH3 is 1. The number of ether oxygens (including phenoxy) is 1. The summed E-state index contributed by atoms with van der Waals surface area (Å²) in [5.74, 6) is -0.118. The largest absolute Gasteiger partial charge is 0.385 e. The van der Waals surface area contributed by atoms with Crippen LogP contribution in [-0.2, 0) is 4.74 Å². The summed E-state index contributed by atoms with van der Waals surface area (Å²) < 4.78 is 4.96. The first kappa shape index (κ1) is 17.5. The number of carbonyl (C=O) groups excluding carboxylic acids is 2. The molecule has 1 N–H and O–H groups in total. The third kappa shape index (κ3) is 5.36. The van der Waals surface area contributed by atoms with E-state index in [0.29, 0.717) is 24.3 Å². The van der Waals surface area contributed by atoms with Crippen LogP contribution in [0.2, 0.25) is 0 Å². The molecule has 23 heavy (non-hydrogen) atoms. The molecule has 0 atom stereocenters. The van der Waals surface area contributed by atoms with Crippen molar-refractivity contribution < 1.29 is 14.3 Å². The predicted octanol–water partition coefficient (Wildman–Crippen LogP) is 2.47. The highest BCUT2D eigenvalue weighted by molar-refractivity contribution is 5.99. The molecular weight excluding hydrogens is 292 g/mol. The Hall–Kier alpha value is -1.88. The van der Waals surface area contributed by atoms with Crippen LogP contribution in [0.15, 0.2) is 24.3 Å².